The van der Waals surface area contributed by atoms with E-state index in [0.717, 1.165) is 28.9 Å². The number of aliphatic carboxylic acids is 1. The lowest BCUT2D eigenvalue weighted by Gasteiger charge is -2.29. The molecule has 3 N–H and O–H groups in total. The number of hydrogen-bond donors (Lipinski definition) is 3. The maximum Gasteiger partial charge on any atom is 0.303 e. The molecule has 8 heteroatoms. The molecule has 1 aliphatic heterocycles. The highest BCUT2D eigenvalue weighted by molar-refractivity contribution is 6.30. The Kier molecular flexibility index (Phi) is 8.37. The Morgan fingerprint density at radius 2 is 1.68 bits per heavy atom. The first-order valence-corrected chi connectivity index (χ1v) is 12.9. The molecule has 1 heterocycles. The normalized spacial score (nSPS) is 13.2. The Hall–Kier alpha value is -3.84. The molecule has 2 amide bonds. The maximum atomic E-state index is 13.2. The van der Waals surface area contributed by atoms with Gasteiger partial charge in [-0.15, -0.1) is 0 Å². The van der Waals surface area contributed by atoms with Crippen molar-refractivity contribution in [3.63, 3.8) is 0 Å². The van der Waals surface area contributed by atoms with Crippen LogP contribution in [-0.4, -0.2) is 41.1 Å². The first-order chi connectivity index (χ1) is 18.1. The number of hydrogen-bond acceptors (Lipinski definition) is 4. The summed E-state index contributed by atoms with van der Waals surface area (Å²) in [6.45, 7) is 4.43. The van der Waals surface area contributed by atoms with Gasteiger partial charge >= 0.3 is 5.97 Å². The molecule has 0 spiro atoms. The number of halogens is 1. The van der Waals surface area contributed by atoms with Crippen molar-refractivity contribution in [3.05, 3.63) is 88.4 Å². The van der Waals surface area contributed by atoms with E-state index in [-0.39, 0.29) is 12.8 Å². The van der Waals surface area contributed by atoms with Crippen molar-refractivity contribution in [3.8, 4) is 16.9 Å². The number of nitrogens with one attached hydrogen (secondary N) is 2. The molecule has 3 aromatic carbocycles. The van der Waals surface area contributed by atoms with Crippen LogP contribution in [-0.2, 0) is 22.4 Å². The van der Waals surface area contributed by atoms with Crippen LogP contribution >= 0.6 is 11.6 Å². The Morgan fingerprint density at radius 3 is 2.37 bits per heavy atom. The summed E-state index contributed by atoms with van der Waals surface area (Å²) in [5.41, 5.74) is 3.83. The predicted molar refractivity (Wildman–Crippen MR) is 147 cm³/mol. The zero-order valence-electron chi connectivity index (χ0n) is 21.4. The van der Waals surface area contributed by atoms with Crippen LogP contribution < -0.4 is 15.4 Å². The van der Waals surface area contributed by atoms with Gasteiger partial charge in [0.2, 0.25) is 5.91 Å². The van der Waals surface area contributed by atoms with Crippen LogP contribution in [0.3, 0.4) is 0 Å². The quantitative estimate of drug-likeness (QED) is 0.338. The number of benzene rings is 3. The van der Waals surface area contributed by atoms with Crippen LogP contribution in [0.4, 0.5) is 0 Å². The smallest absolute Gasteiger partial charge is 0.303 e. The SMILES string of the molecule is CC(C)(Cc1ccc(Cl)cc1)NC(=O)[C@H](CCC(=O)O)NC(=O)c1ccc(-c2ccc3c(c2)OCC3)cc1. The maximum absolute atomic E-state index is 13.2. The summed E-state index contributed by atoms with van der Waals surface area (Å²) in [5, 5.41) is 15.5. The Morgan fingerprint density at radius 1 is 1.00 bits per heavy atom. The zero-order chi connectivity index (χ0) is 27.3. The van der Waals surface area contributed by atoms with Crippen LogP contribution in [0.1, 0.15) is 48.2 Å². The Labute approximate surface area is 227 Å². The molecule has 0 bridgehead atoms. The number of rotatable bonds is 10. The van der Waals surface area contributed by atoms with Gasteiger partial charge in [-0.25, -0.2) is 0 Å². The third-order valence-electron chi connectivity index (χ3n) is 6.47. The highest BCUT2D eigenvalue weighted by Gasteiger charge is 2.28. The summed E-state index contributed by atoms with van der Waals surface area (Å²) in [6, 6.07) is 19.5. The fourth-order valence-corrected chi connectivity index (χ4v) is 4.64. The van der Waals surface area contributed by atoms with E-state index in [4.69, 9.17) is 16.3 Å². The van der Waals surface area contributed by atoms with Crippen molar-refractivity contribution in [2.45, 2.75) is 51.1 Å². The minimum Gasteiger partial charge on any atom is -0.493 e. The monoisotopic (exact) mass is 534 g/mol. The van der Waals surface area contributed by atoms with Crippen molar-refractivity contribution in [1.82, 2.24) is 10.6 Å². The zero-order valence-corrected chi connectivity index (χ0v) is 22.2. The van der Waals surface area contributed by atoms with Crippen molar-refractivity contribution in [1.29, 1.82) is 0 Å². The predicted octanol–water partition coefficient (Wildman–Crippen LogP) is 5.04. The number of carboxylic acid groups (broad SMARTS) is 1. The number of carbonyl (C=O) groups excluding carboxylic acids is 2. The third kappa shape index (κ3) is 7.13. The standard InChI is InChI=1S/C30H31ClN2O5/c1-30(2,18-19-3-11-24(31)12-4-19)33-29(37)25(13-14-27(34)35)32-28(36)22-8-5-20(6-9-22)23-10-7-21-15-16-38-26(21)17-23/h3-12,17,25H,13-16,18H2,1-2H3,(H,32,36)(H,33,37)(H,34,35)/t25-/m0/s1. The van der Waals surface area contributed by atoms with Crippen LogP contribution in [0, 0.1) is 0 Å². The van der Waals surface area contributed by atoms with E-state index in [1.165, 1.54) is 5.56 Å². The summed E-state index contributed by atoms with van der Waals surface area (Å²) in [5.74, 6) is -1.04. The summed E-state index contributed by atoms with van der Waals surface area (Å²) < 4.78 is 5.65. The lowest BCUT2D eigenvalue weighted by atomic mass is 9.94. The van der Waals surface area contributed by atoms with Crippen LogP contribution in [0.15, 0.2) is 66.7 Å². The second kappa shape index (κ2) is 11.7. The molecule has 0 aromatic heterocycles. The summed E-state index contributed by atoms with van der Waals surface area (Å²) in [7, 11) is 0. The fourth-order valence-electron chi connectivity index (χ4n) is 4.52. The largest absolute Gasteiger partial charge is 0.493 e. The number of carbonyl (C=O) groups is 3. The molecular formula is C30H31ClN2O5. The number of ether oxygens (including phenoxy) is 1. The molecule has 0 saturated heterocycles. The molecule has 1 aliphatic rings. The topological polar surface area (TPSA) is 105 Å². The van der Waals surface area contributed by atoms with Crippen molar-refractivity contribution >= 4 is 29.4 Å². The Bertz CT molecular complexity index is 1320. The molecule has 0 aliphatic carbocycles. The first kappa shape index (κ1) is 27.2. The van der Waals surface area contributed by atoms with Gasteiger partial charge in [0.05, 0.1) is 6.61 Å². The number of fused-ring (bicyclic) bond motifs is 1. The number of amides is 2. The minimum absolute atomic E-state index is 0.0306. The summed E-state index contributed by atoms with van der Waals surface area (Å²) >= 11 is 5.97. The highest BCUT2D eigenvalue weighted by Crippen LogP contribution is 2.31. The second-order valence-electron chi connectivity index (χ2n) is 10.1. The fraction of sp³-hybridized carbons (Fsp3) is 0.300. The summed E-state index contributed by atoms with van der Waals surface area (Å²) in [6.07, 6.45) is 1.15. The van der Waals surface area contributed by atoms with Gasteiger partial charge < -0.3 is 20.5 Å². The third-order valence-corrected chi connectivity index (χ3v) is 6.72. The molecule has 0 radical (unpaired) electrons. The number of carboxylic acids is 1. The lowest BCUT2D eigenvalue weighted by molar-refractivity contribution is -0.137. The van der Waals surface area contributed by atoms with E-state index in [2.05, 4.69) is 16.7 Å². The van der Waals surface area contributed by atoms with E-state index < -0.39 is 29.4 Å². The molecule has 7 nitrogen and oxygen atoms in total. The van der Waals surface area contributed by atoms with Gasteiger partial charge in [0.1, 0.15) is 11.8 Å². The molecule has 0 fully saturated rings. The van der Waals surface area contributed by atoms with Crippen LogP contribution in [0.2, 0.25) is 5.02 Å². The Balaban J connectivity index is 1.43. The van der Waals surface area contributed by atoms with Crippen molar-refractivity contribution in [2.24, 2.45) is 0 Å². The molecule has 3 aromatic rings. The van der Waals surface area contributed by atoms with Crippen molar-refractivity contribution in [2.75, 3.05) is 6.61 Å². The van der Waals surface area contributed by atoms with Gasteiger partial charge in [0, 0.05) is 29.0 Å². The molecule has 4 rings (SSSR count). The van der Waals surface area contributed by atoms with Gasteiger partial charge in [0.15, 0.2) is 0 Å². The van der Waals surface area contributed by atoms with Gasteiger partial charge in [-0.3, -0.25) is 14.4 Å². The average Bonchev–Trinajstić information content (AvgIpc) is 3.35. The van der Waals surface area contributed by atoms with E-state index >= 15 is 0 Å². The van der Waals surface area contributed by atoms with Gasteiger partial charge in [-0.05, 0) is 79.3 Å². The average molecular weight is 535 g/mol. The van der Waals surface area contributed by atoms with Gasteiger partial charge in [-0.1, -0.05) is 48.0 Å². The second-order valence-corrected chi connectivity index (χ2v) is 10.6. The van der Waals surface area contributed by atoms with E-state index in [0.29, 0.717) is 23.6 Å². The van der Waals surface area contributed by atoms with E-state index in [9.17, 15) is 19.5 Å². The minimum atomic E-state index is -1.04. The van der Waals surface area contributed by atoms with Gasteiger partial charge in [-0.2, -0.15) is 0 Å². The lowest BCUT2D eigenvalue weighted by Crippen LogP contribution is -2.54. The van der Waals surface area contributed by atoms with Crippen molar-refractivity contribution < 1.29 is 24.2 Å². The van der Waals surface area contributed by atoms with E-state index in [1.807, 2.05) is 50.2 Å². The van der Waals surface area contributed by atoms with Gasteiger partial charge in [0.25, 0.3) is 5.91 Å². The molecule has 0 saturated carbocycles. The summed E-state index contributed by atoms with van der Waals surface area (Å²) in [4.78, 5) is 37.4. The van der Waals surface area contributed by atoms with Crippen LogP contribution in [0.25, 0.3) is 11.1 Å². The molecule has 1 atom stereocenters. The first-order valence-electron chi connectivity index (χ1n) is 12.5. The molecule has 38 heavy (non-hydrogen) atoms. The van der Waals surface area contributed by atoms with Crippen LogP contribution in [0.5, 0.6) is 5.75 Å². The molecular weight excluding hydrogens is 504 g/mol. The highest BCUT2D eigenvalue weighted by atomic mass is 35.5. The molecule has 0 unspecified atom stereocenters. The molecule has 198 valence electrons. The van der Waals surface area contributed by atoms with E-state index in [1.54, 1.807) is 24.3 Å².